The number of carbonyl (C=O) groups excluding carboxylic acids is 3. The number of fused-ring (bicyclic) bond motifs is 1. The average Bonchev–Trinajstić information content (AvgIpc) is 2.94. The smallest absolute Gasteiger partial charge is 0.266 e. The molecule has 1 aliphatic heterocycles. The van der Waals surface area contributed by atoms with Crippen LogP contribution >= 0.6 is 0 Å². The van der Waals surface area contributed by atoms with Crippen molar-refractivity contribution in [3.63, 3.8) is 0 Å². The number of aromatic nitrogens is 1. The van der Waals surface area contributed by atoms with Crippen LogP contribution in [0.4, 0.5) is 5.69 Å². The Balaban J connectivity index is 1.56. The summed E-state index contributed by atoms with van der Waals surface area (Å²) in [5, 5.41) is 0. The molecule has 5 nitrogen and oxygen atoms in total. The van der Waals surface area contributed by atoms with Crippen LogP contribution in [0.15, 0.2) is 79.1 Å². The first-order chi connectivity index (χ1) is 12.6. The van der Waals surface area contributed by atoms with Gasteiger partial charge in [0.25, 0.3) is 11.8 Å². The van der Waals surface area contributed by atoms with Crippen molar-refractivity contribution in [1.29, 1.82) is 0 Å². The quantitative estimate of drug-likeness (QED) is 0.416. The van der Waals surface area contributed by atoms with Gasteiger partial charge >= 0.3 is 0 Å². The van der Waals surface area contributed by atoms with Gasteiger partial charge in [0, 0.05) is 17.7 Å². The van der Waals surface area contributed by atoms with Gasteiger partial charge in [-0.15, -0.1) is 0 Å². The fourth-order valence-electron chi connectivity index (χ4n) is 3.02. The predicted octanol–water partition coefficient (Wildman–Crippen LogP) is 2.66. The number of pyridine rings is 1. The molecule has 3 aromatic rings. The van der Waals surface area contributed by atoms with Crippen molar-refractivity contribution in [2.24, 2.45) is 0 Å². The summed E-state index contributed by atoms with van der Waals surface area (Å²) in [5.74, 6) is -0.732. The minimum atomic E-state index is -0.343. The van der Waals surface area contributed by atoms with E-state index in [4.69, 9.17) is 0 Å². The maximum atomic E-state index is 12.5. The number of benzene rings is 2. The summed E-state index contributed by atoms with van der Waals surface area (Å²) in [7, 11) is 0. The molecule has 126 valence electrons. The maximum absolute atomic E-state index is 12.5. The molecule has 0 unspecified atom stereocenters. The largest absolute Gasteiger partial charge is 0.287 e. The van der Waals surface area contributed by atoms with Crippen molar-refractivity contribution in [1.82, 2.24) is 0 Å². The van der Waals surface area contributed by atoms with Crippen molar-refractivity contribution in [3.05, 3.63) is 95.8 Å². The van der Waals surface area contributed by atoms with E-state index in [2.05, 4.69) is 0 Å². The normalized spacial score (nSPS) is 13.0. The second-order valence-electron chi connectivity index (χ2n) is 6.01. The van der Waals surface area contributed by atoms with Crippen LogP contribution in [0.2, 0.25) is 0 Å². The third-order valence-corrected chi connectivity index (χ3v) is 4.35. The van der Waals surface area contributed by atoms with Crippen molar-refractivity contribution >= 4 is 23.3 Å². The SMILES string of the molecule is O=C(C[n+]1ccccc1)c1ccc(N2C(=O)c3ccccc3C2=O)cc1. The van der Waals surface area contributed by atoms with Crippen LogP contribution in [0.1, 0.15) is 31.1 Å². The molecule has 0 saturated carbocycles. The van der Waals surface area contributed by atoms with Crippen LogP contribution in [-0.2, 0) is 6.54 Å². The zero-order valence-corrected chi connectivity index (χ0v) is 13.8. The van der Waals surface area contributed by atoms with E-state index < -0.39 is 0 Å². The number of Topliss-reactive ketones (excluding diaryl/α,β-unsaturated/α-hetero) is 1. The molecule has 0 bridgehead atoms. The number of imide groups is 1. The zero-order chi connectivity index (χ0) is 18.1. The highest BCUT2D eigenvalue weighted by Gasteiger charge is 2.36. The first-order valence-electron chi connectivity index (χ1n) is 8.20. The monoisotopic (exact) mass is 343 g/mol. The molecule has 0 radical (unpaired) electrons. The van der Waals surface area contributed by atoms with Crippen LogP contribution in [-0.4, -0.2) is 17.6 Å². The predicted molar refractivity (Wildman–Crippen MR) is 95.0 cm³/mol. The number of carbonyl (C=O) groups is 3. The van der Waals surface area contributed by atoms with Gasteiger partial charge < -0.3 is 0 Å². The van der Waals surface area contributed by atoms with Crippen LogP contribution in [0.5, 0.6) is 0 Å². The third kappa shape index (κ3) is 2.69. The summed E-state index contributed by atoms with van der Waals surface area (Å²) >= 11 is 0. The molecule has 0 N–H and O–H groups in total. The van der Waals surface area contributed by atoms with E-state index in [-0.39, 0.29) is 24.1 Å². The number of rotatable bonds is 4. The summed E-state index contributed by atoms with van der Waals surface area (Å²) in [6.45, 7) is 0.229. The first kappa shape index (κ1) is 15.9. The number of ketones is 1. The van der Waals surface area contributed by atoms with E-state index in [0.717, 1.165) is 4.90 Å². The Morgan fingerprint density at radius 1 is 0.769 bits per heavy atom. The fraction of sp³-hybridized carbons (Fsp3) is 0.0476. The lowest BCUT2D eigenvalue weighted by Crippen LogP contribution is -2.36. The van der Waals surface area contributed by atoms with Crippen LogP contribution in [0, 0.1) is 0 Å². The molecule has 2 aromatic carbocycles. The Morgan fingerprint density at radius 2 is 1.35 bits per heavy atom. The molecule has 2 heterocycles. The summed E-state index contributed by atoms with van der Waals surface area (Å²) in [6.07, 6.45) is 3.65. The molecule has 0 saturated heterocycles. The van der Waals surface area contributed by atoms with E-state index in [1.54, 1.807) is 53.1 Å². The molecular weight excluding hydrogens is 328 g/mol. The molecule has 1 aliphatic rings. The summed E-state index contributed by atoms with van der Waals surface area (Å²) < 4.78 is 1.79. The number of hydrogen-bond acceptors (Lipinski definition) is 3. The lowest BCUT2D eigenvalue weighted by molar-refractivity contribution is -0.683. The van der Waals surface area contributed by atoms with Gasteiger partial charge in [0.2, 0.25) is 12.3 Å². The molecule has 26 heavy (non-hydrogen) atoms. The van der Waals surface area contributed by atoms with Crippen molar-refractivity contribution < 1.29 is 19.0 Å². The van der Waals surface area contributed by atoms with E-state index >= 15 is 0 Å². The Labute approximate surface area is 150 Å². The van der Waals surface area contributed by atoms with E-state index in [1.807, 2.05) is 30.6 Å². The Hall–Kier alpha value is -3.60. The highest BCUT2D eigenvalue weighted by Crippen LogP contribution is 2.28. The average molecular weight is 343 g/mol. The molecule has 5 heteroatoms. The maximum Gasteiger partial charge on any atom is 0.266 e. The van der Waals surface area contributed by atoms with E-state index in [1.165, 1.54) is 0 Å². The number of nitrogens with zero attached hydrogens (tertiary/aromatic N) is 2. The molecule has 0 aliphatic carbocycles. The van der Waals surface area contributed by atoms with Gasteiger partial charge in [-0.05, 0) is 36.4 Å². The lowest BCUT2D eigenvalue weighted by Gasteiger charge is -2.14. The number of amides is 2. The summed E-state index contributed by atoms with van der Waals surface area (Å²) in [6, 6.07) is 18.9. The minimum Gasteiger partial charge on any atom is -0.287 e. The molecule has 2 amide bonds. The Bertz CT molecular complexity index is 976. The number of anilines is 1. The van der Waals surface area contributed by atoms with Gasteiger partial charge in [0.15, 0.2) is 12.4 Å². The van der Waals surface area contributed by atoms with Gasteiger partial charge in [-0.25, -0.2) is 4.90 Å². The van der Waals surface area contributed by atoms with Gasteiger partial charge in [0.05, 0.1) is 16.8 Å². The van der Waals surface area contributed by atoms with Crippen LogP contribution in [0.25, 0.3) is 0 Å². The number of hydrogen-bond donors (Lipinski definition) is 0. The third-order valence-electron chi connectivity index (χ3n) is 4.35. The van der Waals surface area contributed by atoms with Gasteiger partial charge in [-0.2, -0.15) is 4.57 Å². The molecule has 0 atom stereocenters. The van der Waals surface area contributed by atoms with Crippen LogP contribution < -0.4 is 9.47 Å². The van der Waals surface area contributed by atoms with Gasteiger partial charge in [-0.3, -0.25) is 14.4 Å². The van der Waals surface area contributed by atoms with Crippen molar-refractivity contribution in [2.75, 3.05) is 4.90 Å². The minimum absolute atomic E-state index is 0.0462. The topological polar surface area (TPSA) is 58.3 Å². The molecule has 4 rings (SSSR count). The van der Waals surface area contributed by atoms with Crippen LogP contribution in [0.3, 0.4) is 0 Å². The molecule has 0 fully saturated rings. The highest BCUT2D eigenvalue weighted by atomic mass is 16.2. The fourth-order valence-corrected chi connectivity index (χ4v) is 3.02. The van der Waals surface area contributed by atoms with Gasteiger partial charge in [-0.1, -0.05) is 18.2 Å². The van der Waals surface area contributed by atoms with Crippen molar-refractivity contribution in [3.8, 4) is 0 Å². The second kappa shape index (κ2) is 6.37. The van der Waals surface area contributed by atoms with Crippen molar-refractivity contribution in [2.45, 2.75) is 6.54 Å². The van der Waals surface area contributed by atoms with E-state index in [9.17, 15) is 14.4 Å². The molecular formula is C21H15N2O3+. The Morgan fingerprint density at radius 3 is 1.92 bits per heavy atom. The van der Waals surface area contributed by atoms with Gasteiger partial charge in [0.1, 0.15) is 0 Å². The van der Waals surface area contributed by atoms with E-state index in [0.29, 0.717) is 22.4 Å². The highest BCUT2D eigenvalue weighted by molar-refractivity contribution is 6.34. The summed E-state index contributed by atoms with van der Waals surface area (Å²) in [5.41, 5.74) is 1.79. The molecule has 0 spiro atoms. The summed E-state index contributed by atoms with van der Waals surface area (Å²) in [4.78, 5) is 38.5. The Kier molecular flexibility index (Phi) is 3.89. The zero-order valence-electron chi connectivity index (χ0n) is 13.8. The first-order valence-corrected chi connectivity index (χ1v) is 8.20. The standard InChI is InChI=1S/C21H15N2O3/c24-19(14-22-12-4-1-5-13-22)15-8-10-16(11-9-15)23-20(25)17-6-2-3-7-18(17)21(23)26/h1-13H,14H2/q+1. The second-order valence-corrected chi connectivity index (χ2v) is 6.01. The lowest BCUT2D eigenvalue weighted by atomic mass is 10.1. The molecule has 1 aromatic heterocycles.